The van der Waals surface area contributed by atoms with E-state index in [1.54, 1.807) is 41.5 Å². The summed E-state index contributed by atoms with van der Waals surface area (Å²) in [4.78, 5) is 26.5. The van der Waals surface area contributed by atoms with Crippen molar-refractivity contribution in [3.8, 4) is 5.75 Å². The summed E-state index contributed by atoms with van der Waals surface area (Å²) in [5.74, 6) is -0.797. The van der Waals surface area contributed by atoms with Crippen molar-refractivity contribution >= 4 is 11.9 Å². The molecule has 0 spiro atoms. The van der Waals surface area contributed by atoms with E-state index >= 15 is 0 Å². The van der Waals surface area contributed by atoms with E-state index in [2.05, 4.69) is 0 Å². The molecule has 0 radical (unpaired) electrons. The lowest BCUT2D eigenvalue weighted by molar-refractivity contribution is -0.132. The van der Waals surface area contributed by atoms with Gasteiger partial charge in [0.2, 0.25) is 5.91 Å². The fraction of sp³-hybridized carbons (Fsp3) is 0.429. The molecule has 0 atom stereocenters. The average Bonchev–Trinajstić information content (AvgIpc) is 2.94. The summed E-state index contributed by atoms with van der Waals surface area (Å²) < 4.78 is 25.7. The van der Waals surface area contributed by atoms with Gasteiger partial charge in [0.25, 0.3) is 0 Å². The van der Waals surface area contributed by atoms with Crippen LogP contribution in [0, 0.1) is 19.7 Å². The summed E-state index contributed by atoms with van der Waals surface area (Å²) in [6.07, 6.45) is 0. The van der Waals surface area contributed by atoms with Gasteiger partial charge in [0, 0.05) is 24.5 Å². The first-order valence-corrected chi connectivity index (χ1v) is 9.26. The zero-order chi connectivity index (χ0) is 20.8. The molecule has 152 valence electrons. The lowest BCUT2D eigenvalue weighted by Gasteiger charge is -2.22. The Morgan fingerprint density at radius 1 is 1.18 bits per heavy atom. The molecule has 28 heavy (non-hydrogen) atoms. The van der Waals surface area contributed by atoms with E-state index in [0.717, 1.165) is 5.69 Å². The molecule has 0 saturated carbocycles. The SMILES string of the molecule is CCOC(=O)c1cc(C)n(CC(=O)N(CC)Cc2ccc(OC)c(F)c2)c1C. The molecule has 0 aliphatic carbocycles. The maximum Gasteiger partial charge on any atom is 0.339 e. The molecule has 1 amide bonds. The molecule has 0 bridgehead atoms. The van der Waals surface area contributed by atoms with Crippen LogP contribution in [-0.4, -0.2) is 41.6 Å². The maximum atomic E-state index is 13.9. The summed E-state index contributed by atoms with van der Waals surface area (Å²) in [5.41, 5.74) is 2.64. The molecule has 0 saturated heterocycles. The van der Waals surface area contributed by atoms with Crippen molar-refractivity contribution in [2.45, 2.75) is 40.8 Å². The number of rotatable bonds is 8. The molecule has 0 aliphatic heterocycles. The highest BCUT2D eigenvalue weighted by Crippen LogP contribution is 2.20. The van der Waals surface area contributed by atoms with Gasteiger partial charge in [0.15, 0.2) is 11.6 Å². The number of methoxy groups -OCH3 is 1. The highest BCUT2D eigenvalue weighted by Gasteiger charge is 2.20. The largest absolute Gasteiger partial charge is 0.494 e. The highest BCUT2D eigenvalue weighted by atomic mass is 19.1. The predicted octanol–water partition coefficient (Wildman–Crippen LogP) is 3.48. The number of carbonyl (C=O) groups excluding carboxylic acids is 2. The van der Waals surface area contributed by atoms with Crippen LogP contribution in [0.15, 0.2) is 24.3 Å². The first kappa shape index (κ1) is 21.5. The first-order chi connectivity index (χ1) is 13.3. The van der Waals surface area contributed by atoms with E-state index < -0.39 is 11.8 Å². The molecule has 0 fully saturated rings. The number of ether oxygens (including phenoxy) is 2. The standard InChI is InChI=1S/C21H27FN2O4/c1-6-23(12-16-8-9-19(27-5)18(22)11-16)20(25)13-24-14(3)10-17(15(24)4)21(26)28-7-2/h8-11H,6-7,12-13H2,1-5H3. The van der Waals surface area contributed by atoms with Crippen molar-refractivity contribution in [2.24, 2.45) is 0 Å². The molecule has 6 nitrogen and oxygen atoms in total. The van der Waals surface area contributed by atoms with Crippen LogP contribution >= 0.6 is 0 Å². The Balaban J connectivity index is 2.16. The molecule has 1 aromatic carbocycles. The Labute approximate surface area is 164 Å². The number of benzene rings is 1. The zero-order valence-corrected chi connectivity index (χ0v) is 17.0. The molecular formula is C21H27FN2O4. The Kier molecular flexibility index (Phi) is 7.20. The fourth-order valence-electron chi connectivity index (χ4n) is 3.10. The van der Waals surface area contributed by atoms with Crippen molar-refractivity contribution in [3.63, 3.8) is 0 Å². The molecule has 1 heterocycles. The smallest absolute Gasteiger partial charge is 0.339 e. The van der Waals surface area contributed by atoms with Crippen LogP contribution < -0.4 is 4.74 Å². The summed E-state index contributed by atoms with van der Waals surface area (Å²) in [7, 11) is 1.41. The van der Waals surface area contributed by atoms with E-state index in [-0.39, 0.29) is 18.2 Å². The van der Waals surface area contributed by atoms with Gasteiger partial charge in [-0.3, -0.25) is 4.79 Å². The molecule has 0 aliphatic rings. The van der Waals surface area contributed by atoms with Gasteiger partial charge in [0.1, 0.15) is 6.54 Å². The Bertz CT molecular complexity index is 860. The minimum absolute atomic E-state index is 0.101. The first-order valence-electron chi connectivity index (χ1n) is 9.26. The zero-order valence-electron chi connectivity index (χ0n) is 17.0. The minimum atomic E-state index is -0.459. The Morgan fingerprint density at radius 3 is 2.46 bits per heavy atom. The van der Waals surface area contributed by atoms with Crippen molar-refractivity contribution in [1.82, 2.24) is 9.47 Å². The van der Waals surface area contributed by atoms with Crippen molar-refractivity contribution < 1.29 is 23.5 Å². The van der Waals surface area contributed by atoms with Crippen LogP contribution in [0.3, 0.4) is 0 Å². The molecule has 0 N–H and O–H groups in total. The van der Waals surface area contributed by atoms with Gasteiger partial charge >= 0.3 is 5.97 Å². The van der Waals surface area contributed by atoms with Gasteiger partial charge in [0.05, 0.1) is 19.3 Å². The molecule has 7 heteroatoms. The summed E-state index contributed by atoms with van der Waals surface area (Å²) in [6, 6.07) is 6.40. The topological polar surface area (TPSA) is 60.8 Å². The normalized spacial score (nSPS) is 10.6. The molecule has 1 aromatic heterocycles. The lowest BCUT2D eigenvalue weighted by Crippen LogP contribution is -2.33. The van der Waals surface area contributed by atoms with Crippen LogP contribution in [0.2, 0.25) is 0 Å². The van der Waals surface area contributed by atoms with Crippen molar-refractivity contribution in [1.29, 1.82) is 0 Å². The molecule has 0 unspecified atom stereocenters. The second kappa shape index (κ2) is 9.39. The van der Waals surface area contributed by atoms with E-state index in [1.807, 2.05) is 13.8 Å². The number of hydrogen-bond acceptors (Lipinski definition) is 4. The molecular weight excluding hydrogens is 363 g/mol. The number of amides is 1. The number of likely N-dealkylation sites (N-methyl/N-ethyl adjacent to an activating group) is 1. The van der Waals surface area contributed by atoms with Crippen molar-refractivity contribution in [2.75, 3.05) is 20.3 Å². The van der Waals surface area contributed by atoms with Crippen LogP contribution in [-0.2, 0) is 22.6 Å². The van der Waals surface area contributed by atoms with Crippen LogP contribution in [0.25, 0.3) is 0 Å². The van der Waals surface area contributed by atoms with Crippen LogP contribution in [0.5, 0.6) is 5.75 Å². The Morgan fingerprint density at radius 2 is 1.89 bits per heavy atom. The van der Waals surface area contributed by atoms with Crippen LogP contribution in [0.1, 0.15) is 41.2 Å². The van der Waals surface area contributed by atoms with Gasteiger partial charge in [-0.15, -0.1) is 0 Å². The van der Waals surface area contributed by atoms with Gasteiger partial charge in [-0.2, -0.15) is 0 Å². The quantitative estimate of drug-likeness (QED) is 0.648. The summed E-state index contributed by atoms with van der Waals surface area (Å²) in [5, 5.41) is 0. The van der Waals surface area contributed by atoms with Gasteiger partial charge in [-0.05, 0) is 51.5 Å². The van der Waals surface area contributed by atoms with Crippen LogP contribution in [0.4, 0.5) is 4.39 Å². The van der Waals surface area contributed by atoms with Gasteiger partial charge < -0.3 is 18.9 Å². The number of carbonyl (C=O) groups is 2. The molecule has 2 aromatic rings. The number of halogens is 1. The fourth-order valence-corrected chi connectivity index (χ4v) is 3.10. The third-order valence-corrected chi connectivity index (χ3v) is 4.69. The predicted molar refractivity (Wildman–Crippen MR) is 104 cm³/mol. The van der Waals surface area contributed by atoms with E-state index in [1.165, 1.54) is 13.2 Å². The Hall–Kier alpha value is -2.83. The number of hydrogen-bond donors (Lipinski definition) is 0. The second-order valence-corrected chi connectivity index (χ2v) is 6.47. The van der Waals surface area contributed by atoms with E-state index in [0.29, 0.717) is 36.5 Å². The van der Waals surface area contributed by atoms with E-state index in [9.17, 15) is 14.0 Å². The number of esters is 1. The van der Waals surface area contributed by atoms with Gasteiger partial charge in [-0.1, -0.05) is 6.07 Å². The molecule has 2 rings (SSSR count). The summed E-state index contributed by atoms with van der Waals surface area (Å²) in [6.45, 7) is 8.43. The average molecular weight is 390 g/mol. The van der Waals surface area contributed by atoms with Crippen molar-refractivity contribution in [3.05, 3.63) is 52.6 Å². The highest BCUT2D eigenvalue weighted by molar-refractivity contribution is 5.91. The third-order valence-electron chi connectivity index (χ3n) is 4.69. The third kappa shape index (κ3) is 4.71. The lowest BCUT2D eigenvalue weighted by atomic mass is 10.2. The maximum absolute atomic E-state index is 13.9. The summed E-state index contributed by atoms with van der Waals surface area (Å²) >= 11 is 0. The van der Waals surface area contributed by atoms with E-state index in [4.69, 9.17) is 9.47 Å². The minimum Gasteiger partial charge on any atom is -0.494 e. The monoisotopic (exact) mass is 390 g/mol. The second-order valence-electron chi connectivity index (χ2n) is 6.47. The number of aryl methyl sites for hydroxylation is 1. The van der Waals surface area contributed by atoms with Gasteiger partial charge in [-0.25, -0.2) is 9.18 Å². The number of nitrogens with zero attached hydrogens (tertiary/aromatic N) is 2. The number of aromatic nitrogens is 1.